The van der Waals surface area contributed by atoms with Crippen LogP contribution in [0.3, 0.4) is 0 Å². The summed E-state index contributed by atoms with van der Waals surface area (Å²) < 4.78 is 1.61. The van der Waals surface area contributed by atoms with Crippen LogP contribution in [0.2, 0.25) is 0 Å². The van der Waals surface area contributed by atoms with Gasteiger partial charge in [-0.3, -0.25) is 4.79 Å². The summed E-state index contributed by atoms with van der Waals surface area (Å²) in [4.78, 5) is 15.5. The van der Waals surface area contributed by atoms with Crippen molar-refractivity contribution in [1.29, 1.82) is 0 Å². The molecule has 0 radical (unpaired) electrons. The van der Waals surface area contributed by atoms with E-state index >= 15 is 0 Å². The maximum Gasteiger partial charge on any atom is 0.210 e. The average molecular weight is 299 g/mol. The molecule has 0 aliphatic rings. The number of Topliss-reactive ketones (excluding diaryl/α,β-unsaturated/α-hetero) is 1. The molecule has 0 spiro atoms. The van der Waals surface area contributed by atoms with Crippen LogP contribution in [0, 0.1) is 0 Å². The van der Waals surface area contributed by atoms with Crippen molar-refractivity contribution in [2.45, 2.75) is 11.7 Å². The molecule has 0 unspecified atom stereocenters. The summed E-state index contributed by atoms with van der Waals surface area (Å²) in [5, 5.41) is 12.9. The second kappa shape index (κ2) is 5.92. The Morgan fingerprint density at radius 2 is 2.29 bits per heavy atom. The van der Waals surface area contributed by atoms with Crippen LogP contribution in [-0.4, -0.2) is 36.7 Å². The van der Waals surface area contributed by atoms with Crippen LogP contribution in [0.25, 0.3) is 10.9 Å². The first-order valence-corrected chi connectivity index (χ1v) is 7.37. The van der Waals surface area contributed by atoms with E-state index in [0.29, 0.717) is 23.0 Å². The van der Waals surface area contributed by atoms with Crippen LogP contribution in [0.4, 0.5) is 0 Å². The van der Waals surface area contributed by atoms with E-state index in [1.54, 1.807) is 17.0 Å². The zero-order valence-corrected chi connectivity index (χ0v) is 12.0. The number of allylic oxidation sites excluding steroid dienone is 1. The van der Waals surface area contributed by atoms with Crippen molar-refractivity contribution in [3.8, 4) is 0 Å². The molecule has 106 valence electrons. The Morgan fingerprint density at radius 1 is 1.43 bits per heavy atom. The van der Waals surface area contributed by atoms with E-state index in [9.17, 15) is 4.79 Å². The highest BCUT2D eigenvalue weighted by Gasteiger charge is 2.14. The number of nitrogens with zero attached hydrogens (tertiary/aromatic N) is 4. The highest BCUT2D eigenvalue weighted by molar-refractivity contribution is 7.99. The normalized spacial score (nSPS) is 10.9. The quantitative estimate of drug-likeness (QED) is 0.429. The molecule has 0 bridgehead atoms. The number of hydrogen-bond acceptors (Lipinski definition) is 5. The molecular weight excluding hydrogens is 286 g/mol. The van der Waals surface area contributed by atoms with Gasteiger partial charge in [0.1, 0.15) is 0 Å². The van der Waals surface area contributed by atoms with E-state index in [1.807, 2.05) is 24.3 Å². The lowest BCUT2D eigenvalue weighted by molar-refractivity contribution is 0.102. The number of H-pyrrole nitrogens is 1. The number of fused-ring (bicyclic) bond motifs is 1. The minimum absolute atomic E-state index is 0.0469. The SMILES string of the molecule is C=CCn1nnnc1SCC(=O)c1c[nH]c2ccccc12. The van der Waals surface area contributed by atoms with E-state index in [4.69, 9.17) is 0 Å². The number of rotatable bonds is 6. The highest BCUT2D eigenvalue weighted by Crippen LogP contribution is 2.21. The maximum atomic E-state index is 12.3. The second-order valence-electron chi connectivity index (χ2n) is 4.39. The van der Waals surface area contributed by atoms with Crippen LogP contribution in [0.5, 0.6) is 0 Å². The van der Waals surface area contributed by atoms with Gasteiger partial charge >= 0.3 is 0 Å². The van der Waals surface area contributed by atoms with Gasteiger partial charge in [0.2, 0.25) is 5.16 Å². The fourth-order valence-electron chi connectivity index (χ4n) is 2.05. The monoisotopic (exact) mass is 299 g/mol. The van der Waals surface area contributed by atoms with Gasteiger partial charge in [-0.2, -0.15) is 0 Å². The molecule has 0 atom stereocenters. The van der Waals surface area contributed by atoms with Crippen molar-refractivity contribution < 1.29 is 4.79 Å². The number of carbonyl (C=O) groups is 1. The molecule has 0 saturated carbocycles. The lowest BCUT2D eigenvalue weighted by Crippen LogP contribution is -2.05. The van der Waals surface area contributed by atoms with Crippen LogP contribution in [-0.2, 0) is 6.54 Å². The van der Waals surface area contributed by atoms with Crippen molar-refractivity contribution in [3.05, 3.63) is 48.7 Å². The van der Waals surface area contributed by atoms with Crippen molar-refractivity contribution in [2.75, 3.05) is 5.75 Å². The fourth-order valence-corrected chi connectivity index (χ4v) is 2.82. The molecule has 0 amide bonds. The molecule has 0 fully saturated rings. The first kappa shape index (κ1) is 13.6. The molecule has 3 aromatic rings. The summed E-state index contributed by atoms with van der Waals surface area (Å²) >= 11 is 1.32. The summed E-state index contributed by atoms with van der Waals surface area (Å²) in [6.45, 7) is 4.17. The Balaban J connectivity index is 1.74. The third-order valence-corrected chi connectivity index (χ3v) is 3.98. The van der Waals surface area contributed by atoms with Gasteiger partial charge in [-0.1, -0.05) is 36.0 Å². The molecule has 0 aliphatic heterocycles. The number of ketones is 1. The summed E-state index contributed by atoms with van der Waals surface area (Å²) in [6.07, 6.45) is 3.46. The summed E-state index contributed by atoms with van der Waals surface area (Å²) in [5.74, 6) is 0.338. The van der Waals surface area contributed by atoms with Crippen molar-refractivity contribution in [3.63, 3.8) is 0 Å². The second-order valence-corrected chi connectivity index (χ2v) is 5.33. The number of nitrogens with one attached hydrogen (secondary N) is 1. The molecule has 2 heterocycles. The predicted octanol–water partition coefficient (Wildman–Crippen LogP) is 2.32. The molecule has 3 rings (SSSR count). The summed E-state index contributed by atoms with van der Waals surface area (Å²) in [6, 6.07) is 7.74. The topological polar surface area (TPSA) is 76.5 Å². The van der Waals surface area contributed by atoms with Crippen molar-refractivity contribution >= 4 is 28.4 Å². The van der Waals surface area contributed by atoms with E-state index in [2.05, 4.69) is 27.1 Å². The third-order valence-electron chi connectivity index (χ3n) is 3.02. The van der Waals surface area contributed by atoms with Gasteiger partial charge in [0.15, 0.2) is 5.78 Å². The average Bonchev–Trinajstić information content (AvgIpc) is 3.12. The molecule has 1 N–H and O–H groups in total. The Hall–Kier alpha value is -2.41. The van der Waals surface area contributed by atoms with Gasteiger partial charge in [0.05, 0.1) is 12.3 Å². The molecule has 6 nitrogen and oxygen atoms in total. The van der Waals surface area contributed by atoms with Crippen LogP contribution in [0.1, 0.15) is 10.4 Å². The minimum atomic E-state index is 0.0469. The van der Waals surface area contributed by atoms with Crippen molar-refractivity contribution in [2.24, 2.45) is 0 Å². The Morgan fingerprint density at radius 3 is 3.14 bits per heavy atom. The first-order chi connectivity index (χ1) is 10.3. The van der Waals surface area contributed by atoms with Gasteiger partial charge < -0.3 is 4.98 Å². The number of benzene rings is 1. The fraction of sp³-hybridized carbons (Fsp3) is 0.143. The largest absolute Gasteiger partial charge is 0.360 e. The predicted molar refractivity (Wildman–Crippen MR) is 81.4 cm³/mol. The molecule has 0 saturated heterocycles. The van der Waals surface area contributed by atoms with Crippen LogP contribution < -0.4 is 0 Å². The smallest absolute Gasteiger partial charge is 0.210 e. The standard InChI is InChI=1S/C14H13N5OS/c1-2-7-19-14(16-17-18-19)21-9-13(20)11-8-15-12-6-4-3-5-10(11)12/h2-6,8,15H,1,7,9H2. The highest BCUT2D eigenvalue weighted by atomic mass is 32.2. The van der Waals surface area contributed by atoms with Gasteiger partial charge in [-0.25, -0.2) is 4.68 Å². The van der Waals surface area contributed by atoms with Gasteiger partial charge in [0, 0.05) is 22.7 Å². The van der Waals surface area contributed by atoms with Gasteiger partial charge in [-0.15, -0.1) is 11.7 Å². The zero-order chi connectivity index (χ0) is 14.7. The summed E-state index contributed by atoms with van der Waals surface area (Å²) in [5.41, 5.74) is 1.66. The van der Waals surface area contributed by atoms with Crippen LogP contribution in [0.15, 0.2) is 48.3 Å². The Kier molecular flexibility index (Phi) is 3.83. The zero-order valence-electron chi connectivity index (χ0n) is 11.2. The minimum Gasteiger partial charge on any atom is -0.360 e. The lowest BCUT2D eigenvalue weighted by atomic mass is 10.1. The molecule has 7 heteroatoms. The summed E-state index contributed by atoms with van der Waals surface area (Å²) in [7, 11) is 0. The molecule has 0 aliphatic carbocycles. The number of tetrazole rings is 1. The maximum absolute atomic E-state index is 12.3. The van der Waals surface area contributed by atoms with Crippen LogP contribution >= 0.6 is 11.8 Å². The number of thioether (sulfide) groups is 1. The molecule has 21 heavy (non-hydrogen) atoms. The van der Waals surface area contributed by atoms with E-state index in [0.717, 1.165) is 10.9 Å². The number of carbonyl (C=O) groups excluding carboxylic acids is 1. The number of aromatic nitrogens is 5. The van der Waals surface area contributed by atoms with Crippen molar-refractivity contribution in [1.82, 2.24) is 25.2 Å². The first-order valence-electron chi connectivity index (χ1n) is 6.39. The third kappa shape index (κ3) is 2.73. The Bertz CT molecular complexity index is 791. The van der Waals surface area contributed by atoms with Gasteiger partial charge in [-0.05, 0) is 16.5 Å². The van der Waals surface area contributed by atoms with Gasteiger partial charge in [0.25, 0.3) is 0 Å². The van der Waals surface area contributed by atoms with E-state index in [-0.39, 0.29) is 5.78 Å². The Labute approximate surface area is 125 Å². The number of aromatic amines is 1. The number of para-hydroxylation sites is 1. The van der Waals surface area contributed by atoms with E-state index < -0.39 is 0 Å². The lowest BCUT2D eigenvalue weighted by Gasteiger charge is -2.01. The molecular formula is C14H13N5OS. The molecule has 1 aromatic carbocycles. The van der Waals surface area contributed by atoms with E-state index in [1.165, 1.54) is 11.8 Å². The number of hydrogen-bond donors (Lipinski definition) is 1. The molecule has 2 aromatic heterocycles.